The van der Waals surface area contributed by atoms with Gasteiger partial charge < -0.3 is 4.57 Å². The minimum Gasteiger partial charge on any atom is -0.317 e. The van der Waals surface area contributed by atoms with Crippen molar-refractivity contribution in [1.82, 2.24) is 29.4 Å². The maximum Gasteiger partial charge on any atom is 0.146 e. The highest BCUT2D eigenvalue weighted by Gasteiger charge is 2.41. The summed E-state index contributed by atoms with van der Waals surface area (Å²) in [7, 11) is 2.06. The number of hydrogen-bond acceptors (Lipinski definition) is 4. The van der Waals surface area contributed by atoms with Crippen LogP contribution < -0.4 is 0 Å². The van der Waals surface area contributed by atoms with Gasteiger partial charge in [0.15, 0.2) is 0 Å². The molecule has 2 aromatic heterocycles. The average molecular weight is 300 g/mol. The summed E-state index contributed by atoms with van der Waals surface area (Å²) in [6.07, 6.45) is 9.17. The molecular formula is C16H24N6. The molecule has 22 heavy (non-hydrogen) atoms. The van der Waals surface area contributed by atoms with Crippen molar-refractivity contribution in [1.29, 1.82) is 0 Å². The molecule has 0 aromatic carbocycles. The molecule has 6 nitrogen and oxygen atoms in total. The first-order valence-corrected chi connectivity index (χ1v) is 8.23. The predicted molar refractivity (Wildman–Crippen MR) is 83.3 cm³/mol. The summed E-state index contributed by atoms with van der Waals surface area (Å²) in [5.74, 6) is 2.08. The van der Waals surface area contributed by atoms with E-state index in [9.17, 15) is 0 Å². The number of aryl methyl sites for hydroxylation is 2. The fourth-order valence-electron chi connectivity index (χ4n) is 4.10. The molecular weight excluding hydrogens is 276 g/mol. The second kappa shape index (κ2) is 5.19. The first-order valence-electron chi connectivity index (χ1n) is 8.23. The summed E-state index contributed by atoms with van der Waals surface area (Å²) in [5.41, 5.74) is 1.25. The van der Waals surface area contributed by atoms with Gasteiger partial charge in [-0.15, -0.1) is 10.2 Å². The van der Waals surface area contributed by atoms with Gasteiger partial charge in [-0.3, -0.25) is 9.58 Å². The van der Waals surface area contributed by atoms with Crippen molar-refractivity contribution in [3.63, 3.8) is 0 Å². The van der Waals surface area contributed by atoms with Crippen LogP contribution in [0, 0.1) is 13.8 Å². The van der Waals surface area contributed by atoms with Crippen LogP contribution in [0.5, 0.6) is 0 Å². The van der Waals surface area contributed by atoms with E-state index in [1.165, 1.54) is 31.2 Å². The second-order valence-electron chi connectivity index (χ2n) is 6.90. The molecule has 2 atom stereocenters. The Labute approximate surface area is 131 Å². The largest absolute Gasteiger partial charge is 0.317 e. The molecule has 0 saturated carbocycles. The number of aromatic nitrogens is 5. The van der Waals surface area contributed by atoms with Crippen LogP contribution in [0.4, 0.5) is 0 Å². The Balaban J connectivity index is 1.50. The summed E-state index contributed by atoms with van der Waals surface area (Å²) in [6.45, 7) is 5.05. The lowest BCUT2D eigenvalue weighted by atomic mass is 9.97. The molecule has 2 unspecified atom stereocenters. The Bertz CT molecular complexity index is 658. The van der Waals surface area contributed by atoms with Crippen molar-refractivity contribution in [2.75, 3.05) is 0 Å². The third kappa shape index (κ3) is 2.26. The van der Waals surface area contributed by atoms with E-state index in [2.05, 4.69) is 49.6 Å². The van der Waals surface area contributed by atoms with Gasteiger partial charge in [-0.05, 0) is 45.1 Å². The maximum absolute atomic E-state index is 4.53. The monoisotopic (exact) mass is 300 g/mol. The van der Waals surface area contributed by atoms with Crippen molar-refractivity contribution >= 4 is 0 Å². The van der Waals surface area contributed by atoms with Crippen LogP contribution in [0.25, 0.3) is 0 Å². The summed E-state index contributed by atoms with van der Waals surface area (Å²) >= 11 is 0. The molecule has 118 valence electrons. The molecule has 2 saturated heterocycles. The maximum atomic E-state index is 4.53. The predicted octanol–water partition coefficient (Wildman–Crippen LogP) is 2.00. The van der Waals surface area contributed by atoms with Gasteiger partial charge in [-0.1, -0.05) is 0 Å². The minimum atomic E-state index is 0.559. The van der Waals surface area contributed by atoms with Crippen molar-refractivity contribution in [2.45, 2.75) is 64.2 Å². The summed E-state index contributed by atoms with van der Waals surface area (Å²) < 4.78 is 4.30. The number of nitrogens with zero attached hydrogens (tertiary/aromatic N) is 6. The van der Waals surface area contributed by atoms with E-state index in [0.717, 1.165) is 18.2 Å². The van der Waals surface area contributed by atoms with Crippen LogP contribution in [0.15, 0.2) is 12.4 Å². The SMILES string of the molecule is Cc1cnn(C2CC3CCC(C2)N3Cc2nnc(C)n2C)c1. The van der Waals surface area contributed by atoms with Crippen LogP contribution in [-0.4, -0.2) is 41.5 Å². The van der Waals surface area contributed by atoms with Gasteiger partial charge in [-0.25, -0.2) is 0 Å². The first-order chi connectivity index (χ1) is 10.6. The Hall–Kier alpha value is -1.69. The van der Waals surface area contributed by atoms with Crippen molar-refractivity contribution in [3.05, 3.63) is 29.6 Å². The topological polar surface area (TPSA) is 51.8 Å². The fourth-order valence-corrected chi connectivity index (χ4v) is 4.10. The minimum absolute atomic E-state index is 0.559. The zero-order chi connectivity index (χ0) is 15.3. The van der Waals surface area contributed by atoms with E-state index < -0.39 is 0 Å². The average Bonchev–Trinajstić information content (AvgIpc) is 3.12. The van der Waals surface area contributed by atoms with E-state index in [0.29, 0.717) is 18.1 Å². The van der Waals surface area contributed by atoms with Crippen molar-refractivity contribution < 1.29 is 0 Å². The van der Waals surface area contributed by atoms with Crippen LogP contribution in [0.3, 0.4) is 0 Å². The molecule has 0 radical (unpaired) electrons. The smallest absolute Gasteiger partial charge is 0.146 e. The molecule has 2 aliphatic heterocycles. The third-order valence-electron chi connectivity index (χ3n) is 5.47. The van der Waals surface area contributed by atoms with E-state index in [1.54, 1.807) is 0 Å². The molecule has 0 spiro atoms. The van der Waals surface area contributed by atoms with Crippen molar-refractivity contribution in [2.24, 2.45) is 7.05 Å². The number of hydrogen-bond donors (Lipinski definition) is 0. The second-order valence-corrected chi connectivity index (χ2v) is 6.90. The molecule has 2 bridgehead atoms. The number of piperidine rings is 1. The normalized spacial score (nSPS) is 28.4. The lowest BCUT2D eigenvalue weighted by Gasteiger charge is -2.38. The highest BCUT2D eigenvalue weighted by atomic mass is 15.3. The Morgan fingerprint density at radius 2 is 1.82 bits per heavy atom. The van der Waals surface area contributed by atoms with Crippen LogP contribution in [-0.2, 0) is 13.6 Å². The molecule has 6 heteroatoms. The van der Waals surface area contributed by atoms with Crippen molar-refractivity contribution in [3.8, 4) is 0 Å². The van der Waals surface area contributed by atoms with E-state index in [1.807, 2.05) is 13.1 Å². The van der Waals surface area contributed by atoms with Crippen LogP contribution >= 0.6 is 0 Å². The van der Waals surface area contributed by atoms with Gasteiger partial charge >= 0.3 is 0 Å². The standard InChI is InChI=1S/C16H24N6/c1-11-8-17-22(9-11)15-6-13-4-5-14(7-15)21(13)10-16-19-18-12(2)20(16)3/h8-9,13-15H,4-7,10H2,1-3H3. The van der Waals surface area contributed by atoms with Gasteiger partial charge in [0.1, 0.15) is 11.6 Å². The lowest BCUT2D eigenvalue weighted by molar-refractivity contribution is 0.0914. The number of fused-ring (bicyclic) bond motifs is 2. The van der Waals surface area contributed by atoms with E-state index >= 15 is 0 Å². The lowest BCUT2D eigenvalue weighted by Crippen LogP contribution is -2.43. The molecule has 4 heterocycles. The highest BCUT2D eigenvalue weighted by molar-refractivity contribution is 5.04. The van der Waals surface area contributed by atoms with Gasteiger partial charge in [0.2, 0.25) is 0 Å². The molecule has 0 N–H and O–H groups in total. The highest BCUT2D eigenvalue weighted by Crippen LogP contribution is 2.41. The quantitative estimate of drug-likeness (QED) is 0.870. The Kier molecular flexibility index (Phi) is 3.29. The summed E-state index contributed by atoms with van der Waals surface area (Å²) in [6, 6.07) is 1.87. The van der Waals surface area contributed by atoms with Gasteiger partial charge in [0.25, 0.3) is 0 Å². The molecule has 4 rings (SSSR count). The number of rotatable bonds is 3. The molecule has 2 aromatic rings. The van der Waals surface area contributed by atoms with Crippen LogP contribution in [0.2, 0.25) is 0 Å². The van der Waals surface area contributed by atoms with Crippen LogP contribution in [0.1, 0.15) is 48.9 Å². The van der Waals surface area contributed by atoms with E-state index in [4.69, 9.17) is 0 Å². The first kappa shape index (κ1) is 13.9. The third-order valence-corrected chi connectivity index (χ3v) is 5.47. The molecule has 0 amide bonds. The van der Waals surface area contributed by atoms with Gasteiger partial charge in [-0.2, -0.15) is 5.10 Å². The van der Waals surface area contributed by atoms with Gasteiger partial charge in [0, 0.05) is 25.3 Å². The summed E-state index contributed by atoms with van der Waals surface area (Å²) in [4.78, 5) is 2.65. The Morgan fingerprint density at radius 3 is 2.36 bits per heavy atom. The molecule has 0 aliphatic carbocycles. The van der Waals surface area contributed by atoms with Gasteiger partial charge in [0.05, 0.1) is 18.8 Å². The Morgan fingerprint density at radius 1 is 1.09 bits per heavy atom. The molecule has 2 fully saturated rings. The molecule has 2 aliphatic rings. The zero-order valence-electron chi connectivity index (χ0n) is 13.6. The summed E-state index contributed by atoms with van der Waals surface area (Å²) in [5, 5.41) is 13.1. The van der Waals surface area contributed by atoms with E-state index in [-0.39, 0.29) is 0 Å². The fraction of sp³-hybridized carbons (Fsp3) is 0.688. The zero-order valence-corrected chi connectivity index (χ0v) is 13.6.